The van der Waals surface area contributed by atoms with Crippen LogP contribution in [0, 0.1) is 11.7 Å². The number of hydrogen-bond acceptors (Lipinski definition) is 2. The molecule has 1 fully saturated rings. The number of carboxylic acids is 1. The number of benzene rings is 1. The summed E-state index contributed by atoms with van der Waals surface area (Å²) in [5.41, 5.74) is 0.885. The summed E-state index contributed by atoms with van der Waals surface area (Å²) in [6.07, 6.45) is 0.619. The maximum Gasteiger partial charge on any atom is 0.123 e. The normalized spacial score (nSPS) is 25.6. The quantitative estimate of drug-likeness (QED) is 0.669. The maximum atomic E-state index is 12.5. The van der Waals surface area contributed by atoms with Crippen molar-refractivity contribution in [3.8, 4) is 0 Å². The number of carboxylic acid groups (broad SMARTS) is 1. The molecule has 68 valence electrons. The van der Waals surface area contributed by atoms with Crippen molar-refractivity contribution >= 4 is 5.97 Å². The predicted molar refractivity (Wildman–Crippen MR) is 42.3 cm³/mol. The van der Waals surface area contributed by atoms with Crippen LogP contribution in [0.3, 0.4) is 0 Å². The van der Waals surface area contributed by atoms with E-state index in [1.165, 1.54) is 12.1 Å². The lowest BCUT2D eigenvalue weighted by Crippen LogP contribution is -2.24. The van der Waals surface area contributed by atoms with E-state index in [0.717, 1.165) is 5.56 Å². The van der Waals surface area contributed by atoms with Crippen molar-refractivity contribution in [1.82, 2.24) is 0 Å². The summed E-state index contributed by atoms with van der Waals surface area (Å²) in [5, 5.41) is 10.4. The highest BCUT2D eigenvalue weighted by atomic mass is 19.1. The Balaban J connectivity index is 2.12. The van der Waals surface area contributed by atoms with Gasteiger partial charge in [-0.15, -0.1) is 0 Å². The van der Waals surface area contributed by atoms with E-state index in [-0.39, 0.29) is 17.7 Å². The molecule has 1 aromatic carbocycles. The van der Waals surface area contributed by atoms with Gasteiger partial charge in [0.1, 0.15) is 5.82 Å². The number of halogens is 1. The summed E-state index contributed by atoms with van der Waals surface area (Å²) in [4.78, 5) is 10.4. The van der Waals surface area contributed by atoms with Gasteiger partial charge in [-0.1, -0.05) is 12.1 Å². The van der Waals surface area contributed by atoms with Gasteiger partial charge >= 0.3 is 0 Å². The summed E-state index contributed by atoms with van der Waals surface area (Å²) < 4.78 is 12.5. The molecule has 1 aliphatic rings. The standard InChI is InChI=1S/C10H9FO2/c11-7-3-1-6(2-4-7)8-5-9(8)10(12)13/h1-4,8-9H,5H2,(H,12,13)/p-1/t8-,9-/m0/s1. The average Bonchev–Trinajstić information content (AvgIpc) is 2.85. The zero-order valence-electron chi connectivity index (χ0n) is 6.87. The minimum Gasteiger partial charge on any atom is -0.550 e. The van der Waals surface area contributed by atoms with Gasteiger partial charge in [-0.2, -0.15) is 0 Å². The number of carbonyl (C=O) groups is 1. The molecule has 13 heavy (non-hydrogen) atoms. The smallest absolute Gasteiger partial charge is 0.123 e. The zero-order chi connectivity index (χ0) is 9.42. The molecule has 1 aromatic rings. The van der Waals surface area contributed by atoms with Crippen LogP contribution in [0.4, 0.5) is 4.39 Å². The Labute approximate surface area is 75.0 Å². The third-order valence-electron chi connectivity index (χ3n) is 2.39. The summed E-state index contributed by atoms with van der Waals surface area (Å²) in [7, 11) is 0. The topological polar surface area (TPSA) is 40.1 Å². The van der Waals surface area contributed by atoms with Gasteiger partial charge in [0.25, 0.3) is 0 Å². The Kier molecular flexibility index (Phi) is 1.79. The van der Waals surface area contributed by atoms with Crippen molar-refractivity contribution < 1.29 is 14.3 Å². The van der Waals surface area contributed by atoms with Gasteiger partial charge in [-0.05, 0) is 30.0 Å². The van der Waals surface area contributed by atoms with Gasteiger partial charge < -0.3 is 9.90 Å². The van der Waals surface area contributed by atoms with E-state index >= 15 is 0 Å². The van der Waals surface area contributed by atoms with Crippen LogP contribution < -0.4 is 5.11 Å². The van der Waals surface area contributed by atoms with Crippen LogP contribution in [0.5, 0.6) is 0 Å². The van der Waals surface area contributed by atoms with E-state index in [2.05, 4.69) is 0 Å². The van der Waals surface area contributed by atoms with E-state index in [4.69, 9.17) is 0 Å². The van der Waals surface area contributed by atoms with Crippen LogP contribution in [0.15, 0.2) is 24.3 Å². The first kappa shape index (κ1) is 8.23. The maximum absolute atomic E-state index is 12.5. The Morgan fingerprint density at radius 1 is 1.38 bits per heavy atom. The van der Waals surface area contributed by atoms with E-state index in [1.807, 2.05) is 0 Å². The number of aliphatic carboxylic acids is 1. The Morgan fingerprint density at radius 3 is 2.46 bits per heavy atom. The summed E-state index contributed by atoms with van der Waals surface area (Å²) in [5.74, 6) is -1.64. The van der Waals surface area contributed by atoms with Gasteiger partial charge in [-0.25, -0.2) is 4.39 Å². The second-order valence-electron chi connectivity index (χ2n) is 3.32. The van der Waals surface area contributed by atoms with E-state index < -0.39 is 5.97 Å². The first-order valence-electron chi connectivity index (χ1n) is 4.15. The highest BCUT2D eigenvalue weighted by Gasteiger charge is 2.39. The van der Waals surface area contributed by atoms with Crippen LogP contribution in [0.2, 0.25) is 0 Å². The van der Waals surface area contributed by atoms with Gasteiger partial charge in [0, 0.05) is 11.9 Å². The lowest BCUT2D eigenvalue weighted by molar-refractivity contribution is -0.308. The van der Waals surface area contributed by atoms with Crippen LogP contribution in [0.25, 0.3) is 0 Å². The molecule has 0 amide bonds. The van der Waals surface area contributed by atoms with E-state index in [1.54, 1.807) is 12.1 Å². The molecule has 2 rings (SSSR count). The molecule has 2 atom stereocenters. The largest absolute Gasteiger partial charge is 0.550 e. The van der Waals surface area contributed by atoms with Crippen molar-refractivity contribution in [2.45, 2.75) is 12.3 Å². The molecule has 0 radical (unpaired) electrons. The third-order valence-corrected chi connectivity index (χ3v) is 2.39. The summed E-state index contributed by atoms with van der Waals surface area (Å²) >= 11 is 0. The molecule has 1 aliphatic carbocycles. The molecular weight excluding hydrogens is 171 g/mol. The predicted octanol–water partition coefficient (Wildman–Crippen LogP) is 0.679. The van der Waals surface area contributed by atoms with E-state index in [0.29, 0.717) is 6.42 Å². The van der Waals surface area contributed by atoms with Crippen molar-refractivity contribution in [2.24, 2.45) is 5.92 Å². The van der Waals surface area contributed by atoms with Gasteiger partial charge in [-0.3, -0.25) is 0 Å². The molecule has 2 nitrogen and oxygen atoms in total. The molecule has 1 saturated carbocycles. The molecule has 0 N–H and O–H groups in total. The van der Waals surface area contributed by atoms with Gasteiger partial charge in [0.05, 0.1) is 0 Å². The lowest BCUT2D eigenvalue weighted by Gasteiger charge is -2.00. The highest BCUT2D eigenvalue weighted by Crippen LogP contribution is 2.46. The third kappa shape index (κ3) is 1.54. The molecule has 0 aliphatic heterocycles. The van der Waals surface area contributed by atoms with Gasteiger partial charge in [0.2, 0.25) is 0 Å². The number of rotatable bonds is 2. The van der Waals surface area contributed by atoms with Crippen molar-refractivity contribution in [3.05, 3.63) is 35.6 Å². The lowest BCUT2D eigenvalue weighted by atomic mass is 10.1. The van der Waals surface area contributed by atoms with E-state index in [9.17, 15) is 14.3 Å². The second-order valence-corrected chi connectivity index (χ2v) is 3.32. The molecule has 0 heterocycles. The zero-order valence-corrected chi connectivity index (χ0v) is 6.87. The number of carbonyl (C=O) groups excluding carboxylic acids is 1. The SMILES string of the molecule is O=C([O-])[C@H]1C[C@H]1c1ccc(F)cc1. The Hall–Kier alpha value is -1.38. The van der Waals surface area contributed by atoms with Crippen LogP contribution in [-0.2, 0) is 4.79 Å². The first-order chi connectivity index (χ1) is 6.18. The molecule has 0 aromatic heterocycles. The minimum absolute atomic E-state index is 0.0330. The minimum atomic E-state index is -1.01. The fourth-order valence-corrected chi connectivity index (χ4v) is 1.53. The van der Waals surface area contributed by atoms with Crippen molar-refractivity contribution in [2.75, 3.05) is 0 Å². The number of hydrogen-bond donors (Lipinski definition) is 0. The van der Waals surface area contributed by atoms with Crippen molar-refractivity contribution in [1.29, 1.82) is 0 Å². The fraction of sp³-hybridized carbons (Fsp3) is 0.300. The van der Waals surface area contributed by atoms with Crippen LogP contribution in [0.1, 0.15) is 17.9 Å². The van der Waals surface area contributed by atoms with Crippen molar-refractivity contribution in [3.63, 3.8) is 0 Å². The highest BCUT2D eigenvalue weighted by molar-refractivity contribution is 5.73. The Bertz CT molecular complexity index is 331. The molecule has 0 spiro atoms. The second kappa shape index (κ2) is 2.83. The Morgan fingerprint density at radius 2 is 2.00 bits per heavy atom. The van der Waals surface area contributed by atoms with Crippen LogP contribution in [-0.4, -0.2) is 5.97 Å². The summed E-state index contributed by atoms with van der Waals surface area (Å²) in [6, 6.07) is 5.95. The monoisotopic (exact) mass is 179 g/mol. The van der Waals surface area contributed by atoms with Gasteiger partial charge in [0.15, 0.2) is 0 Å². The molecule has 3 heteroatoms. The first-order valence-corrected chi connectivity index (χ1v) is 4.15. The molecule has 0 unspecified atom stereocenters. The fourth-order valence-electron chi connectivity index (χ4n) is 1.53. The molecular formula is C10H8FO2-. The summed E-state index contributed by atoms with van der Waals surface area (Å²) in [6.45, 7) is 0. The molecule has 0 saturated heterocycles. The molecule has 0 bridgehead atoms. The van der Waals surface area contributed by atoms with Crippen LogP contribution >= 0.6 is 0 Å². The average molecular weight is 179 g/mol.